The van der Waals surface area contributed by atoms with Gasteiger partial charge in [-0.15, -0.1) is 0 Å². The van der Waals surface area contributed by atoms with Gasteiger partial charge in [0.1, 0.15) is 12.1 Å². The van der Waals surface area contributed by atoms with Gasteiger partial charge in [0.2, 0.25) is 0 Å². The van der Waals surface area contributed by atoms with Gasteiger partial charge in [0.15, 0.2) is 0 Å². The van der Waals surface area contributed by atoms with Crippen molar-refractivity contribution in [2.24, 2.45) is 0 Å². The molecule has 0 fully saturated rings. The molecule has 1 atom stereocenters. The highest BCUT2D eigenvalue weighted by molar-refractivity contribution is 5.95. The van der Waals surface area contributed by atoms with E-state index in [-0.39, 0.29) is 13.0 Å². The summed E-state index contributed by atoms with van der Waals surface area (Å²) in [7, 11) is 0. The van der Waals surface area contributed by atoms with Crippen LogP contribution in [0.3, 0.4) is 0 Å². The van der Waals surface area contributed by atoms with Gasteiger partial charge in [-0.3, -0.25) is 9.59 Å². The van der Waals surface area contributed by atoms with Crippen LogP contribution in [0, 0.1) is 0 Å². The number of nitrogens with one attached hydrogen (secondary N) is 2. The average Bonchev–Trinajstić information content (AvgIpc) is 2.50. The lowest BCUT2D eigenvalue weighted by Gasteiger charge is -2.33. The van der Waals surface area contributed by atoms with E-state index in [1.165, 1.54) is 0 Å². The van der Waals surface area contributed by atoms with Crippen molar-refractivity contribution in [3.63, 3.8) is 0 Å². The summed E-state index contributed by atoms with van der Waals surface area (Å²) < 4.78 is 5.07. The van der Waals surface area contributed by atoms with Crippen LogP contribution in [-0.4, -0.2) is 28.6 Å². The molecule has 1 aromatic carbocycles. The molecule has 3 N–H and O–H groups in total. The van der Waals surface area contributed by atoms with Gasteiger partial charge in [0.05, 0.1) is 6.42 Å². The van der Waals surface area contributed by atoms with Crippen molar-refractivity contribution >= 4 is 18.0 Å². The Morgan fingerprint density at radius 2 is 2.04 bits per heavy atom. The third-order valence-electron chi connectivity index (χ3n) is 3.51. The summed E-state index contributed by atoms with van der Waals surface area (Å²) in [4.78, 5) is 35.2. The lowest BCUT2D eigenvalue weighted by atomic mass is 9.87. The number of carboxylic acid groups (broad SMARTS) is 1. The van der Waals surface area contributed by atoms with E-state index in [2.05, 4.69) is 10.6 Å². The second-order valence-electron chi connectivity index (χ2n) is 5.38. The van der Waals surface area contributed by atoms with Crippen molar-refractivity contribution < 1.29 is 24.2 Å². The lowest BCUT2D eigenvalue weighted by Crippen LogP contribution is -2.61. The summed E-state index contributed by atoms with van der Waals surface area (Å²) >= 11 is 0. The quantitative estimate of drug-likeness (QED) is 0.764. The van der Waals surface area contributed by atoms with Crippen LogP contribution in [-0.2, 0) is 20.9 Å². The predicted octanol–water partition coefficient (Wildman–Crippen LogP) is 1.55. The smallest absolute Gasteiger partial charge is 0.408 e. The first-order chi connectivity index (χ1) is 10.9. The molecule has 2 rings (SSSR count). The minimum atomic E-state index is -1.54. The van der Waals surface area contributed by atoms with E-state index in [0.29, 0.717) is 5.70 Å². The summed E-state index contributed by atoms with van der Waals surface area (Å²) in [5.41, 5.74) is -0.131. The highest BCUT2D eigenvalue weighted by Crippen LogP contribution is 2.22. The summed E-state index contributed by atoms with van der Waals surface area (Å²) in [6.45, 7) is 1.72. The normalized spacial score (nSPS) is 20.2. The van der Waals surface area contributed by atoms with Gasteiger partial charge in [0.25, 0.3) is 5.91 Å². The van der Waals surface area contributed by atoms with Gasteiger partial charge < -0.3 is 20.5 Å². The maximum Gasteiger partial charge on any atom is 0.408 e. The molecule has 0 saturated carbocycles. The monoisotopic (exact) mass is 318 g/mol. The Hall–Kier alpha value is -2.83. The maximum absolute atomic E-state index is 12.2. The Bertz CT molecular complexity index is 641. The maximum atomic E-state index is 12.2. The van der Waals surface area contributed by atoms with Crippen molar-refractivity contribution in [2.75, 3.05) is 0 Å². The SMILES string of the molecule is CC1=CCC(CC(=O)O)(NC(=O)OCc2ccccc2)C(=O)N1. The first-order valence-corrected chi connectivity index (χ1v) is 7.10. The summed E-state index contributed by atoms with van der Waals surface area (Å²) in [5.74, 6) is -1.74. The second-order valence-corrected chi connectivity index (χ2v) is 5.38. The van der Waals surface area contributed by atoms with E-state index in [1.54, 1.807) is 25.1 Å². The number of benzene rings is 1. The van der Waals surface area contributed by atoms with Crippen molar-refractivity contribution in [3.05, 3.63) is 47.7 Å². The fourth-order valence-corrected chi connectivity index (χ4v) is 2.29. The summed E-state index contributed by atoms with van der Waals surface area (Å²) in [6.07, 6.45) is 0.403. The molecule has 23 heavy (non-hydrogen) atoms. The van der Waals surface area contributed by atoms with Crippen LogP contribution < -0.4 is 10.6 Å². The molecule has 1 aliphatic heterocycles. The number of aliphatic carboxylic acids is 1. The number of carbonyl (C=O) groups excluding carboxylic acids is 2. The minimum Gasteiger partial charge on any atom is -0.481 e. The molecule has 1 unspecified atom stereocenters. The molecule has 0 bridgehead atoms. The largest absolute Gasteiger partial charge is 0.481 e. The topological polar surface area (TPSA) is 105 Å². The Balaban J connectivity index is 2.04. The van der Waals surface area contributed by atoms with Crippen LogP contribution in [0.25, 0.3) is 0 Å². The third kappa shape index (κ3) is 4.32. The number of hydrogen-bond donors (Lipinski definition) is 3. The number of hydrogen-bond acceptors (Lipinski definition) is 4. The average molecular weight is 318 g/mol. The molecule has 1 aromatic rings. The third-order valence-corrected chi connectivity index (χ3v) is 3.51. The molecule has 7 heteroatoms. The van der Waals surface area contributed by atoms with E-state index >= 15 is 0 Å². The fourth-order valence-electron chi connectivity index (χ4n) is 2.29. The van der Waals surface area contributed by atoms with Crippen molar-refractivity contribution in [1.29, 1.82) is 0 Å². The van der Waals surface area contributed by atoms with Crippen LogP contribution in [0.5, 0.6) is 0 Å². The number of carbonyl (C=O) groups is 3. The van der Waals surface area contributed by atoms with Crippen LogP contribution in [0.2, 0.25) is 0 Å². The van der Waals surface area contributed by atoms with Crippen LogP contribution in [0.15, 0.2) is 42.1 Å². The first kappa shape index (κ1) is 16.5. The molecule has 0 aliphatic carbocycles. The molecule has 7 nitrogen and oxygen atoms in total. The number of allylic oxidation sites excluding steroid dienone is 1. The molecular weight excluding hydrogens is 300 g/mol. The molecule has 0 radical (unpaired) electrons. The van der Waals surface area contributed by atoms with Crippen molar-refractivity contribution in [1.82, 2.24) is 10.6 Å². The first-order valence-electron chi connectivity index (χ1n) is 7.10. The van der Waals surface area contributed by atoms with Gasteiger partial charge in [0, 0.05) is 12.1 Å². The van der Waals surface area contributed by atoms with Gasteiger partial charge in [-0.05, 0) is 12.5 Å². The molecule has 0 saturated heterocycles. The highest BCUT2D eigenvalue weighted by Gasteiger charge is 2.43. The molecule has 122 valence electrons. The zero-order chi connectivity index (χ0) is 16.9. The number of alkyl carbamates (subject to hydrolysis) is 1. The highest BCUT2D eigenvalue weighted by atomic mass is 16.5. The summed E-state index contributed by atoms with van der Waals surface area (Å²) in [5, 5.41) is 14.0. The molecule has 0 spiro atoms. The molecule has 2 amide bonds. The number of carboxylic acids is 1. The Morgan fingerprint density at radius 3 is 2.65 bits per heavy atom. The predicted molar refractivity (Wildman–Crippen MR) is 81.3 cm³/mol. The van der Waals surface area contributed by atoms with Crippen LogP contribution in [0.1, 0.15) is 25.3 Å². The number of rotatable bonds is 5. The molecule has 0 aromatic heterocycles. The van der Waals surface area contributed by atoms with Crippen LogP contribution >= 0.6 is 0 Å². The second kappa shape index (κ2) is 6.95. The Morgan fingerprint density at radius 1 is 1.35 bits per heavy atom. The number of amides is 2. The van der Waals surface area contributed by atoms with Crippen molar-refractivity contribution in [2.45, 2.75) is 31.9 Å². The fraction of sp³-hybridized carbons (Fsp3) is 0.312. The van der Waals surface area contributed by atoms with E-state index < -0.39 is 29.9 Å². The Labute approximate surface area is 133 Å². The molecule has 1 heterocycles. The Kier molecular flexibility index (Phi) is 5.00. The molecule has 1 aliphatic rings. The zero-order valence-electron chi connectivity index (χ0n) is 12.7. The van der Waals surface area contributed by atoms with Gasteiger partial charge in [-0.1, -0.05) is 36.4 Å². The van der Waals surface area contributed by atoms with Gasteiger partial charge in [-0.2, -0.15) is 0 Å². The van der Waals surface area contributed by atoms with Gasteiger partial charge >= 0.3 is 12.1 Å². The zero-order valence-corrected chi connectivity index (χ0v) is 12.7. The molecular formula is C16H18N2O5. The minimum absolute atomic E-state index is 0.0340. The van der Waals surface area contributed by atoms with Crippen molar-refractivity contribution in [3.8, 4) is 0 Å². The summed E-state index contributed by atoms with van der Waals surface area (Å²) in [6, 6.07) is 9.04. The van der Waals surface area contributed by atoms with E-state index in [4.69, 9.17) is 9.84 Å². The standard InChI is InChI=1S/C16H18N2O5/c1-11-7-8-16(9-13(19)20,14(21)17-11)18-15(22)23-10-12-5-3-2-4-6-12/h2-7H,8-10H2,1H3,(H,17,21)(H,18,22)(H,19,20). The van der Waals surface area contributed by atoms with Gasteiger partial charge in [-0.25, -0.2) is 4.79 Å². The van der Waals surface area contributed by atoms with E-state index in [0.717, 1.165) is 5.56 Å². The van der Waals surface area contributed by atoms with E-state index in [1.807, 2.05) is 18.2 Å². The lowest BCUT2D eigenvalue weighted by molar-refractivity contribution is -0.142. The number of ether oxygens (including phenoxy) is 1. The van der Waals surface area contributed by atoms with E-state index in [9.17, 15) is 14.4 Å². The van der Waals surface area contributed by atoms with Crippen LogP contribution in [0.4, 0.5) is 4.79 Å².